The molecule has 76 valence electrons. The predicted molar refractivity (Wildman–Crippen MR) is 50.3 cm³/mol. The predicted octanol–water partition coefficient (Wildman–Crippen LogP) is -0.445. The summed E-state index contributed by atoms with van der Waals surface area (Å²) < 4.78 is 24.6. The molecule has 2 atom stereocenters. The second-order valence-electron chi connectivity index (χ2n) is 2.98. The summed E-state index contributed by atoms with van der Waals surface area (Å²) in [4.78, 5) is 0. The molecule has 0 amide bonds. The molecule has 0 aromatic rings. The van der Waals surface area contributed by atoms with Crippen LogP contribution in [-0.4, -0.2) is 26.3 Å². The lowest BCUT2D eigenvalue weighted by molar-refractivity contribution is 0.568. The Hall–Kier alpha value is -0.640. The maximum atomic E-state index is 11.2. The Morgan fingerprint density at radius 2 is 2.08 bits per heavy atom. The van der Waals surface area contributed by atoms with Crippen molar-refractivity contribution in [2.24, 2.45) is 5.73 Å². The van der Waals surface area contributed by atoms with E-state index in [2.05, 4.69) is 4.72 Å². The number of hydrogen-bond donors (Lipinski definition) is 2. The number of rotatable bonds is 5. The summed E-state index contributed by atoms with van der Waals surface area (Å²) in [5.74, 6) is 0. The maximum Gasteiger partial charge on any atom is 0.227 e. The lowest BCUT2D eigenvalue weighted by Gasteiger charge is -2.08. The van der Waals surface area contributed by atoms with Crippen molar-refractivity contribution in [3.05, 3.63) is 0 Å². The van der Waals surface area contributed by atoms with E-state index in [0.717, 1.165) is 0 Å². The van der Waals surface area contributed by atoms with Gasteiger partial charge in [0, 0.05) is 12.6 Å². The van der Waals surface area contributed by atoms with Crippen molar-refractivity contribution in [1.29, 1.82) is 5.26 Å². The highest BCUT2D eigenvalue weighted by molar-refractivity contribution is 7.90. The summed E-state index contributed by atoms with van der Waals surface area (Å²) in [5, 5.41) is 7.37. The van der Waals surface area contributed by atoms with Crippen LogP contribution in [0, 0.1) is 11.3 Å². The molecular formula is C7H15N3O2S. The van der Waals surface area contributed by atoms with Crippen molar-refractivity contribution in [2.45, 2.75) is 31.6 Å². The van der Waals surface area contributed by atoms with E-state index in [9.17, 15) is 8.42 Å². The van der Waals surface area contributed by atoms with Gasteiger partial charge < -0.3 is 5.73 Å². The molecule has 0 saturated carbocycles. The highest BCUT2D eigenvalue weighted by atomic mass is 32.2. The molecule has 13 heavy (non-hydrogen) atoms. The molecule has 0 spiro atoms. The number of hydrogen-bond acceptors (Lipinski definition) is 4. The maximum absolute atomic E-state index is 11.2. The van der Waals surface area contributed by atoms with Crippen LogP contribution in [0.25, 0.3) is 0 Å². The van der Waals surface area contributed by atoms with E-state index in [4.69, 9.17) is 11.0 Å². The van der Waals surface area contributed by atoms with Crippen LogP contribution in [0.5, 0.6) is 0 Å². The van der Waals surface area contributed by atoms with E-state index in [1.54, 1.807) is 13.0 Å². The van der Waals surface area contributed by atoms with Crippen molar-refractivity contribution in [1.82, 2.24) is 4.72 Å². The summed E-state index contributed by atoms with van der Waals surface area (Å²) in [6, 6.07) is 1.62. The first-order chi connectivity index (χ1) is 5.90. The summed E-state index contributed by atoms with van der Waals surface area (Å²) in [6.07, 6.45) is 0.567. The van der Waals surface area contributed by atoms with Crippen LogP contribution in [0.15, 0.2) is 0 Å². The Labute approximate surface area is 79.0 Å². The highest BCUT2D eigenvalue weighted by Crippen LogP contribution is 1.96. The van der Waals surface area contributed by atoms with Crippen molar-refractivity contribution in [2.75, 3.05) is 6.54 Å². The van der Waals surface area contributed by atoms with Gasteiger partial charge in [-0.1, -0.05) is 0 Å². The second-order valence-corrected chi connectivity index (χ2v) is 5.06. The van der Waals surface area contributed by atoms with Crippen LogP contribution in [0.2, 0.25) is 0 Å². The molecule has 0 bridgehead atoms. The molecule has 0 rings (SSSR count). The molecule has 0 aromatic heterocycles. The van der Waals surface area contributed by atoms with E-state index in [-0.39, 0.29) is 12.6 Å². The van der Waals surface area contributed by atoms with Gasteiger partial charge >= 0.3 is 0 Å². The third kappa shape index (κ3) is 4.83. The summed E-state index contributed by atoms with van der Waals surface area (Å²) in [6.45, 7) is 3.42. The van der Waals surface area contributed by atoms with Crippen molar-refractivity contribution < 1.29 is 8.42 Å². The molecule has 0 aliphatic heterocycles. The van der Waals surface area contributed by atoms with E-state index in [0.29, 0.717) is 6.42 Å². The molecule has 3 N–H and O–H groups in total. The van der Waals surface area contributed by atoms with E-state index < -0.39 is 15.3 Å². The van der Waals surface area contributed by atoms with Gasteiger partial charge in [0.15, 0.2) is 5.25 Å². The zero-order valence-corrected chi connectivity index (χ0v) is 8.63. The standard InChI is InChI=1S/C7H15N3O2S/c1-6(9)3-4-10-13(11,12)7(2)5-8/h6-7,10H,3-4,9H2,1-2H3. The number of nitrogens with two attached hydrogens (primary N) is 1. The van der Waals surface area contributed by atoms with E-state index in [1.165, 1.54) is 6.92 Å². The average Bonchev–Trinajstić information content (AvgIpc) is 2.01. The molecule has 0 fully saturated rings. The van der Waals surface area contributed by atoms with Crippen LogP contribution in [0.3, 0.4) is 0 Å². The van der Waals surface area contributed by atoms with Gasteiger partial charge in [-0.15, -0.1) is 0 Å². The third-order valence-electron chi connectivity index (χ3n) is 1.55. The van der Waals surface area contributed by atoms with Crippen LogP contribution in [0.1, 0.15) is 20.3 Å². The number of nitriles is 1. The smallest absolute Gasteiger partial charge is 0.227 e. The Bertz CT molecular complexity index is 279. The largest absolute Gasteiger partial charge is 0.328 e. The Kier molecular flexibility index (Phi) is 4.91. The van der Waals surface area contributed by atoms with Gasteiger partial charge in [-0.25, -0.2) is 13.1 Å². The molecule has 5 nitrogen and oxygen atoms in total. The van der Waals surface area contributed by atoms with Gasteiger partial charge in [-0.3, -0.25) is 0 Å². The molecule has 6 heteroatoms. The molecule has 0 heterocycles. The van der Waals surface area contributed by atoms with Gasteiger partial charge in [0.25, 0.3) is 0 Å². The number of nitrogens with one attached hydrogen (secondary N) is 1. The van der Waals surface area contributed by atoms with Crippen molar-refractivity contribution >= 4 is 10.0 Å². The fourth-order valence-corrected chi connectivity index (χ4v) is 1.41. The first-order valence-corrected chi connectivity index (χ1v) is 5.58. The lowest BCUT2D eigenvalue weighted by Crippen LogP contribution is -2.34. The molecule has 0 saturated heterocycles. The fraction of sp³-hybridized carbons (Fsp3) is 0.857. The first-order valence-electron chi connectivity index (χ1n) is 4.04. The van der Waals surface area contributed by atoms with Crippen LogP contribution < -0.4 is 10.5 Å². The van der Waals surface area contributed by atoms with E-state index in [1.807, 2.05) is 0 Å². The molecule has 0 aromatic carbocycles. The van der Waals surface area contributed by atoms with Gasteiger partial charge in [-0.2, -0.15) is 5.26 Å². The third-order valence-corrected chi connectivity index (χ3v) is 3.19. The first kappa shape index (κ1) is 12.4. The summed E-state index contributed by atoms with van der Waals surface area (Å²) >= 11 is 0. The molecule has 0 aliphatic carbocycles. The van der Waals surface area contributed by atoms with Gasteiger partial charge in [0.1, 0.15) is 0 Å². The average molecular weight is 205 g/mol. The minimum Gasteiger partial charge on any atom is -0.328 e. The minimum absolute atomic E-state index is 0.0416. The zero-order valence-electron chi connectivity index (χ0n) is 7.82. The zero-order chi connectivity index (χ0) is 10.5. The van der Waals surface area contributed by atoms with Crippen LogP contribution in [0.4, 0.5) is 0 Å². The topological polar surface area (TPSA) is 96.0 Å². The highest BCUT2D eigenvalue weighted by Gasteiger charge is 2.18. The van der Waals surface area contributed by atoms with Gasteiger partial charge in [0.2, 0.25) is 10.0 Å². The number of sulfonamides is 1. The lowest BCUT2D eigenvalue weighted by atomic mass is 10.3. The second kappa shape index (κ2) is 5.17. The Morgan fingerprint density at radius 1 is 1.54 bits per heavy atom. The monoisotopic (exact) mass is 205 g/mol. The van der Waals surface area contributed by atoms with Crippen LogP contribution >= 0.6 is 0 Å². The molecular weight excluding hydrogens is 190 g/mol. The van der Waals surface area contributed by atoms with Crippen LogP contribution in [-0.2, 0) is 10.0 Å². The van der Waals surface area contributed by atoms with Crippen molar-refractivity contribution in [3.63, 3.8) is 0 Å². The Balaban J connectivity index is 4.00. The summed E-state index contributed by atoms with van der Waals surface area (Å²) in [5.41, 5.74) is 5.43. The minimum atomic E-state index is -3.47. The Morgan fingerprint density at radius 3 is 2.46 bits per heavy atom. The molecule has 0 aliphatic rings. The SMILES string of the molecule is CC(N)CCNS(=O)(=O)C(C)C#N. The van der Waals surface area contributed by atoms with Crippen molar-refractivity contribution in [3.8, 4) is 6.07 Å². The quantitative estimate of drug-likeness (QED) is 0.635. The van der Waals surface area contributed by atoms with E-state index >= 15 is 0 Å². The fourth-order valence-electron chi connectivity index (χ4n) is 0.623. The number of nitrogens with zero attached hydrogens (tertiary/aromatic N) is 1. The van der Waals surface area contributed by atoms with Gasteiger partial charge in [-0.05, 0) is 20.3 Å². The summed E-state index contributed by atoms with van der Waals surface area (Å²) in [7, 11) is -3.47. The molecule has 0 radical (unpaired) electrons. The normalized spacial score (nSPS) is 16.2. The van der Waals surface area contributed by atoms with Gasteiger partial charge in [0.05, 0.1) is 6.07 Å². The molecule has 2 unspecified atom stereocenters.